The highest BCUT2D eigenvalue weighted by Crippen LogP contribution is 2.11. The zero-order chi connectivity index (χ0) is 11.4. The van der Waals surface area contributed by atoms with E-state index in [4.69, 9.17) is 0 Å². The zero-order valence-electron chi connectivity index (χ0n) is 9.45. The Kier molecular flexibility index (Phi) is 3.94. The number of esters is 1. The van der Waals surface area contributed by atoms with E-state index >= 15 is 0 Å². The molecule has 15 heavy (non-hydrogen) atoms. The molecule has 86 valence electrons. The second-order valence-electron chi connectivity index (χ2n) is 4.07. The van der Waals surface area contributed by atoms with Crippen LogP contribution in [0.5, 0.6) is 0 Å². The van der Waals surface area contributed by atoms with Crippen molar-refractivity contribution in [1.82, 2.24) is 10.2 Å². The maximum atomic E-state index is 11.5. The highest BCUT2D eigenvalue weighted by atomic mass is 16.5. The molecule has 1 fully saturated rings. The van der Waals surface area contributed by atoms with Crippen LogP contribution in [0.3, 0.4) is 0 Å². The Morgan fingerprint density at radius 1 is 1.67 bits per heavy atom. The van der Waals surface area contributed by atoms with Crippen LogP contribution in [0.2, 0.25) is 0 Å². The molecule has 0 aromatic carbocycles. The van der Waals surface area contributed by atoms with Gasteiger partial charge in [0.2, 0.25) is 0 Å². The lowest BCUT2D eigenvalue weighted by molar-refractivity contribution is -0.140. The van der Waals surface area contributed by atoms with Crippen LogP contribution in [-0.2, 0) is 9.53 Å². The van der Waals surface area contributed by atoms with E-state index in [1.54, 1.807) is 4.90 Å². The molecule has 0 aromatic rings. The molecule has 1 N–H and O–H groups in total. The summed E-state index contributed by atoms with van der Waals surface area (Å²) in [6.07, 6.45) is 0.259. The Bertz CT molecular complexity index is 253. The Balaban J connectivity index is 2.37. The smallest absolute Gasteiger partial charge is 0.317 e. The maximum absolute atomic E-state index is 11.5. The van der Waals surface area contributed by atoms with Gasteiger partial charge >= 0.3 is 12.0 Å². The lowest BCUT2D eigenvalue weighted by atomic mass is 10.1. The molecule has 1 saturated heterocycles. The van der Waals surface area contributed by atoms with Crippen molar-refractivity contribution in [3.05, 3.63) is 0 Å². The second-order valence-corrected chi connectivity index (χ2v) is 4.07. The van der Waals surface area contributed by atoms with Gasteiger partial charge in [0.25, 0.3) is 0 Å². The molecule has 0 aromatic heterocycles. The van der Waals surface area contributed by atoms with E-state index in [1.807, 2.05) is 0 Å². The van der Waals surface area contributed by atoms with E-state index in [2.05, 4.69) is 23.9 Å². The van der Waals surface area contributed by atoms with Gasteiger partial charge < -0.3 is 15.0 Å². The summed E-state index contributed by atoms with van der Waals surface area (Å²) in [6.45, 7) is 5.23. The van der Waals surface area contributed by atoms with Crippen LogP contribution in [0.25, 0.3) is 0 Å². The lowest BCUT2D eigenvalue weighted by Crippen LogP contribution is -2.31. The van der Waals surface area contributed by atoms with E-state index in [0.29, 0.717) is 19.0 Å². The second kappa shape index (κ2) is 5.00. The summed E-state index contributed by atoms with van der Waals surface area (Å²) in [5.41, 5.74) is 0. The first-order valence-corrected chi connectivity index (χ1v) is 5.17. The molecular weight excluding hydrogens is 196 g/mol. The molecule has 1 heterocycles. The minimum absolute atomic E-state index is 0.0856. The van der Waals surface area contributed by atoms with Crippen LogP contribution in [0, 0.1) is 5.92 Å². The molecule has 1 aliphatic rings. The number of methoxy groups -OCH3 is 1. The van der Waals surface area contributed by atoms with Crippen LogP contribution < -0.4 is 5.32 Å². The Morgan fingerprint density at radius 2 is 2.33 bits per heavy atom. The van der Waals surface area contributed by atoms with Gasteiger partial charge in [0.1, 0.15) is 0 Å². The fraction of sp³-hybridized carbons (Fsp3) is 0.800. The average Bonchev–Trinajstić information content (AvgIpc) is 2.56. The first-order valence-electron chi connectivity index (χ1n) is 5.17. The summed E-state index contributed by atoms with van der Waals surface area (Å²) in [4.78, 5) is 24.0. The van der Waals surface area contributed by atoms with Gasteiger partial charge in [0.05, 0.1) is 19.6 Å². The highest BCUT2D eigenvalue weighted by molar-refractivity contribution is 5.78. The van der Waals surface area contributed by atoms with E-state index in [-0.39, 0.29) is 24.5 Å². The van der Waals surface area contributed by atoms with Crippen molar-refractivity contribution < 1.29 is 14.3 Å². The van der Waals surface area contributed by atoms with Gasteiger partial charge in [-0.05, 0) is 5.92 Å². The maximum Gasteiger partial charge on any atom is 0.317 e. The fourth-order valence-electron chi connectivity index (χ4n) is 1.51. The number of carbonyl (C=O) groups is 2. The molecule has 5 heteroatoms. The number of nitrogens with one attached hydrogen (secondary N) is 1. The monoisotopic (exact) mass is 214 g/mol. The molecule has 0 spiro atoms. The molecule has 0 aliphatic carbocycles. The Morgan fingerprint density at radius 3 is 2.80 bits per heavy atom. The van der Waals surface area contributed by atoms with Crippen molar-refractivity contribution in [2.24, 2.45) is 5.92 Å². The summed E-state index contributed by atoms with van der Waals surface area (Å²) >= 11 is 0. The molecule has 1 unspecified atom stereocenters. The van der Waals surface area contributed by atoms with Crippen molar-refractivity contribution in [3.63, 3.8) is 0 Å². The molecule has 0 saturated carbocycles. The van der Waals surface area contributed by atoms with Crippen LogP contribution in [0.1, 0.15) is 20.3 Å². The summed E-state index contributed by atoms with van der Waals surface area (Å²) in [6, 6.07) is 0.104. The predicted octanol–water partition coefficient (Wildman–Crippen LogP) is 0.599. The predicted molar refractivity (Wildman–Crippen MR) is 55.4 cm³/mol. The van der Waals surface area contributed by atoms with Crippen molar-refractivity contribution in [2.75, 3.05) is 20.2 Å². The molecule has 5 nitrogen and oxygen atoms in total. The fourth-order valence-corrected chi connectivity index (χ4v) is 1.51. The van der Waals surface area contributed by atoms with Gasteiger partial charge in [-0.1, -0.05) is 13.8 Å². The van der Waals surface area contributed by atoms with Gasteiger partial charge in [0.15, 0.2) is 0 Å². The van der Waals surface area contributed by atoms with Crippen LogP contribution >= 0.6 is 0 Å². The molecule has 1 aliphatic heterocycles. The number of hydrogen-bond acceptors (Lipinski definition) is 3. The number of urea groups is 1. The third kappa shape index (κ3) is 3.11. The molecule has 0 bridgehead atoms. The van der Waals surface area contributed by atoms with Crippen molar-refractivity contribution in [1.29, 1.82) is 0 Å². The van der Waals surface area contributed by atoms with Crippen molar-refractivity contribution in [3.8, 4) is 0 Å². The van der Waals surface area contributed by atoms with Gasteiger partial charge in [0, 0.05) is 13.1 Å². The minimum Gasteiger partial charge on any atom is -0.469 e. The number of amides is 2. The topological polar surface area (TPSA) is 58.6 Å². The molecule has 1 atom stereocenters. The number of hydrogen-bond donors (Lipinski definition) is 1. The van der Waals surface area contributed by atoms with E-state index in [0.717, 1.165) is 0 Å². The van der Waals surface area contributed by atoms with Crippen molar-refractivity contribution in [2.45, 2.75) is 26.3 Å². The number of nitrogens with zero attached hydrogens (tertiary/aromatic N) is 1. The number of ether oxygens (including phenoxy) is 1. The third-order valence-corrected chi connectivity index (χ3v) is 2.63. The van der Waals surface area contributed by atoms with Gasteiger partial charge in [-0.3, -0.25) is 4.79 Å². The van der Waals surface area contributed by atoms with Gasteiger partial charge in [-0.15, -0.1) is 0 Å². The Labute approximate surface area is 89.8 Å². The summed E-state index contributed by atoms with van der Waals surface area (Å²) in [5, 5.41) is 2.88. The van der Waals surface area contributed by atoms with Crippen LogP contribution in [0.15, 0.2) is 0 Å². The molecule has 2 amide bonds. The normalized spacial score (nSPS) is 20.7. The molecule has 1 rings (SSSR count). The van der Waals surface area contributed by atoms with Gasteiger partial charge in [-0.25, -0.2) is 4.79 Å². The standard InChI is InChI=1S/C10H18N2O3/c1-7(2)8-6-12(10(14)11-8)5-4-9(13)15-3/h7-8H,4-6H2,1-3H3,(H,11,14). The quantitative estimate of drug-likeness (QED) is 0.697. The number of carbonyl (C=O) groups excluding carboxylic acids is 2. The SMILES string of the molecule is COC(=O)CCN1CC(C(C)C)NC1=O. The zero-order valence-corrected chi connectivity index (χ0v) is 9.45. The summed E-state index contributed by atoms with van der Waals surface area (Å²) < 4.78 is 4.52. The largest absolute Gasteiger partial charge is 0.469 e. The Hall–Kier alpha value is -1.26. The summed E-state index contributed by atoms with van der Waals surface area (Å²) in [7, 11) is 1.35. The third-order valence-electron chi connectivity index (χ3n) is 2.63. The average molecular weight is 214 g/mol. The van der Waals surface area contributed by atoms with E-state index in [9.17, 15) is 9.59 Å². The minimum atomic E-state index is -0.282. The molecular formula is C10H18N2O3. The van der Waals surface area contributed by atoms with E-state index in [1.165, 1.54) is 7.11 Å². The summed E-state index contributed by atoms with van der Waals surface area (Å²) in [5.74, 6) is 0.132. The van der Waals surface area contributed by atoms with Crippen LogP contribution in [0.4, 0.5) is 4.79 Å². The van der Waals surface area contributed by atoms with Gasteiger partial charge in [-0.2, -0.15) is 0 Å². The lowest BCUT2D eigenvalue weighted by Gasteiger charge is -2.15. The highest BCUT2D eigenvalue weighted by Gasteiger charge is 2.30. The van der Waals surface area contributed by atoms with Crippen molar-refractivity contribution >= 4 is 12.0 Å². The molecule has 0 radical (unpaired) electrons. The first kappa shape index (κ1) is 11.8. The first-order chi connectivity index (χ1) is 7.04. The van der Waals surface area contributed by atoms with E-state index < -0.39 is 0 Å². The van der Waals surface area contributed by atoms with Crippen LogP contribution in [-0.4, -0.2) is 43.1 Å². The number of rotatable bonds is 4.